The monoisotopic (exact) mass is 409 g/mol. The summed E-state index contributed by atoms with van der Waals surface area (Å²) in [6.07, 6.45) is 1.79. The number of carbonyl (C=O) groups excluding carboxylic acids is 1. The lowest BCUT2D eigenvalue weighted by Gasteiger charge is -2.33. The van der Waals surface area contributed by atoms with Gasteiger partial charge in [0.2, 0.25) is 11.1 Å². The summed E-state index contributed by atoms with van der Waals surface area (Å²) >= 11 is 1.43. The van der Waals surface area contributed by atoms with Gasteiger partial charge in [-0.15, -0.1) is 10.2 Å². The number of rotatable bonds is 6. The highest BCUT2D eigenvalue weighted by Gasteiger charge is 2.37. The molecular weight excluding hydrogens is 386 g/mol. The summed E-state index contributed by atoms with van der Waals surface area (Å²) in [7, 11) is 1.61. The summed E-state index contributed by atoms with van der Waals surface area (Å²) in [6, 6.07) is 17.1. The summed E-state index contributed by atoms with van der Waals surface area (Å²) in [4.78, 5) is 13.2. The van der Waals surface area contributed by atoms with Crippen LogP contribution in [0.4, 0.5) is 5.69 Å². The fraction of sp³-hybridized carbons (Fsp3) is 0.286. The zero-order chi connectivity index (χ0) is 20.2. The Morgan fingerprint density at radius 3 is 2.79 bits per heavy atom. The number of hydrogen-bond acceptors (Lipinski definition) is 6. The fourth-order valence-electron chi connectivity index (χ4n) is 3.31. The Labute approximate surface area is 173 Å². The second-order valence-electron chi connectivity index (χ2n) is 6.76. The Kier molecular flexibility index (Phi) is 5.71. The topological polar surface area (TPSA) is 81.1 Å². The van der Waals surface area contributed by atoms with Gasteiger partial charge in [0.1, 0.15) is 11.0 Å². The number of anilines is 1. The first-order valence-corrected chi connectivity index (χ1v) is 10.4. The Hall–Kier alpha value is -3.00. The molecule has 2 aromatic carbocycles. The van der Waals surface area contributed by atoms with Crippen molar-refractivity contribution in [2.75, 3.05) is 17.9 Å². The third-order valence-electron chi connectivity index (χ3n) is 4.73. The average molecular weight is 410 g/mol. The predicted molar refractivity (Wildman–Crippen MR) is 114 cm³/mol. The molecule has 0 aliphatic carbocycles. The normalized spacial score (nSPS) is 17.9. The van der Waals surface area contributed by atoms with Gasteiger partial charge in [0.05, 0.1) is 13.2 Å². The second-order valence-corrected chi connectivity index (χ2v) is 7.87. The number of thioether (sulfide) groups is 1. The smallest absolute Gasteiger partial charge is 0.240 e. The minimum Gasteiger partial charge on any atom is -0.497 e. The first kappa shape index (κ1) is 19.3. The first-order chi connectivity index (χ1) is 14.2. The molecule has 29 heavy (non-hydrogen) atoms. The van der Waals surface area contributed by atoms with Crippen LogP contribution >= 0.6 is 11.8 Å². The van der Waals surface area contributed by atoms with E-state index in [0.717, 1.165) is 24.2 Å². The molecule has 0 bridgehead atoms. The number of ether oxygens (including phenoxy) is 1. The van der Waals surface area contributed by atoms with Crippen LogP contribution in [0.1, 0.15) is 30.8 Å². The van der Waals surface area contributed by atoms with Crippen LogP contribution in [0.2, 0.25) is 0 Å². The Morgan fingerprint density at radius 1 is 1.21 bits per heavy atom. The molecule has 2 heterocycles. The molecule has 7 nitrogen and oxygen atoms in total. The van der Waals surface area contributed by atoms with E-state index in [2.05, 4.69) is 27.9 Å². The maximum Gasteiger partial charge on any atom is 0.240 e. The van der Waals surface area contributed by atoms with Gasteiger partial charge in [-0.25, -0.2) is 4.68 Å². The number of methoxy groups -OCH3 is 1. The van der Waals surface area contributed by atoms with Crippen molar-refractivity contribution in [1.82, 2.24) is 14.9 Å². The van der Waals surface area contributed by atoms with E-state index in [4.69, 9.17) is 4.74 Å². The van der Waals surface area contributed by atoms with E-state index in [1.165, 1.54) is 11.8 Å². The van der Waals surface area contributed by atoms with Gasteiger partial charge in [-0.2, -0.15) is 0 Å². The van der Waals surface area contributed by atoms with Gasteiger partial charge in [0.15, 0.2) is 5.82 Å². The SMILES string of the molecule is CCCc1nnc2n1NC(c1ccccc1)C(C(=O)Nc1cccc(OC)c1)S2. The van der Waals surface area contributed by atoms with Crippen LogP contribution in [0.5, 0.6) is 5.75 Å². The second kappa shape index (κ2) is 8.57. The first-order valence-electron chi connectivity index (χ1n) is 9.57. The van der Waals surface area contributed by atoms with Crippen molar-refractivity contribution in [3.63, 3.8) is 0 Å². The van der Waals surface area contributed by atoms with Crippen molar-refractivity contribution in [2.45, 2.75) is 36.2 Å². The Bertz CT molecular complexity index is 992. The molecule has 2 N–H and O–H groups in total. The molecule has 0 spiro atoms. The van der Waals surface area contributed by atoms with Gasteiger partial charge in [-0.05, 0) is 24.1 Å². The zero-order valence-corrected chi connectivity index (χ0v) is 17.1. The number of nitrogens with one attached hydrogen (secondary N) is 2. The molecule has 0 fully saturated rings. The van der Waals surface area contributed by atoms with E-state index < -0.39 is 5.25 Å². The van der Waals surface area contributed by atoms with Crippen molar-refractivity contribution >= 4 is 23.4 Å². The van der Waals surface area contributed by atoms with Gasteiger partial charge in [0, 0.05) is 18.2 Å². The minimum atomic E-state index is -0.408. The molecular formula is C21H23N5O2S. The Morgan fingerprint density at radius 2 is 2.03 bits per heavy atom. The highest BCUT2D eigenvalue weighted by atomic mass is 32.2. The molecule has 1 aliphatic heterocycles. The summed E-state index contributed by atoms with van der Waals surface area (Å²) in [5.41, 5.74) is 5.20. The van der Waals surface area contributed by atoms with Crippen LogP contribution in [-0.2, 0) is 11.2 Å². The average Bonchev–Trinajstić information content (AvgIpc) is 3.16. The van der Waals surface area contributed by atoms with Crippen LogP contribution in [0, 0.1) is 0 Å². The number of nitrogens with zero attached hydrogens (tertiary/aromatic N) is 3. The maximum absolute atomic E-state index is 13.2. The van der Waals surface area contributed by atoms with Gasteiger partial charge < -0.3 is 15.5 Å². The number of amides is 1. The van der Waals surface area contributed by atoms with E-state index in [-0.39, 0.29) is 11.9 Å². The van der Waals surface area contributed by atoms with E-state index in [9.17, 15) is 4.79 Å². The van der Waals surface area contributed by atoms with Crippen molar-refractivity contribution < 1.29 is 9.53 Å². The maximum atomic E-state index is 13.2. The van der Waals surface area contributed by atoms with Crippen LogP contribution in [0.25, 0.3) is 0 Å². The third kappa shape index (κ3) is 4.07. The molecule has 0 radical (unpaired) electrons. The number of aromatic nitrogens is 3. The predicted octanol–water partition coefficient (Wildman–Crippen LogP) is 3.64. The van der Waals surface area contributed by atoms with Gasteiger partial charge in [-0.3, -0.25) is 4.79 Å². The van der Waals surface area contributed by atoms with E-state index >= 15 is 0 Å². The number of fused-ring (bicyclic) bond motifs is 1. The van der Waals surface area contributed by atoms with Crippen LogP contribution in [0.15, 0.2) is 59.8 Å². The highest BCUT2D eigenvalue weighted by molar-refractivity contribution is 8.00. The van der Waals surface area contributed by atoms with E-state index in [1.807, 2.05) is 53.2 Å². The molecule has 150 valence electrons. The van der Waals surface area contributed by atoms with Crippen LogP contribution in [0.3, 0.4) is 0 Å². The number of aryl methyl sites for hydroxylation is 1. The zero-order valence-electron chi connectivity index (χ0n) is 16.3. The minimum absolute atomic E-state index is 0.101. The fourth-order valence-corrected chi connectivity index (χ4v) is 4.41. The van der Waals surface area contributed by atoms with Gasteiger partial charge >= 0.3 is 0 Å². The number of benzene rings is 2. The molecule has 0 saturated heterocycles. The molecule has 2 unspecified atom stereocenters. The molecule has 1 amide bonds. The van der Waals surface area contributed by atoms with Gasteiger partial charge in [-0.1, -0.05) is 55.1 Å². The number of hydrogen-bond donors (Lipinski definition) is 2. The Balaban J connectivity index is 1.64. The summed E-state index contributed by atoms with van der Waals surface area (Å²) < 4.78 is 7.17. The summed E-state index contributed by atoms with van der Waals surface area (Å²) in [6.45, 7) is 2.11. The molecule has 0 saturated carbocycles. The molecule has 8 heteroatoms. The van der Waals surface area contributed by atoms with Crippen molar-refractivity contribution in [2.24, 2.45) is 0 Å². The lowest BCUT2D eigenvalue weighted by molar-refractivity contribution is -0.116. The standard InChI is InChI=1S/C21H23N5O2S/c1-3-8-17-23-24-21-26(17)25-18(14-9-5-4-6-10-14)19(29-21)20(27)22-15-11-7-12-16(13-15)28-2/h4-7,9-13,18-19,25H,3,8H2,1-2H3,(H,22,27). The molecule has 3 aromatic rings. The molecule has 1 aromatic heterocycles. The largest absolute Gasteiger partial charge is 0.497 e. The lowest BCUT2D eigenvalue weighted by atomic mass is 10.0. The third-order valence-corrected chi connectivity index (χ3v) is 5.95. The van der Waals surface area contributed by atoms with E-state index in [1.54, 1.807) is 13.2 Å². The van der Waals surface area contributed by atoms with E-state index in [0.29, 0.717) is 16.6 Å². The van der Waals surface area contributed by atoms with Crippen molar-refractivity contribution in [3.8, 4) is 5.75 Å². The lowest BCUT2D eigenvalue weighted by Crippen LogP contribution is -2.41. The molecule has 1 aliphatic rings. The summed E-state index contributed by atoms with van der Waals surface area (Å²) in [5.74, 6) is 1.47. The molecule has 4 rings (SSSR count). The quantitative estimate of drug-likeness (QED) is 0.647. The van der Waals surface area contributed by atoms with Crippen LogP contribution < -0.4 is 15.5 Å². The van der Waals surface area contributed by atoms with Gasteiger partial charge in [0.25, 0.3) is 0 Å². The highest BCUT2D eigenvalue weighted by Crippen LogP contribution is 2.37. The summed E-state index contributed by atoms with van der Waals surface area (Å²) in [5, 5.41) is 11.9. The molecule has 2 atom stereocenters. The number of carbonyl (C=O) groups is 1. The van der Waals surface area contributed by atoms with Crippen LogP contribution in [-0.4, -0.2) is 33.1 Å². The van der Waals surface area contributed by atoms with Crippen molar-refractivity contribution in [1.29, 1.82) is 0 Å². The van der Waals surface area contributed by atoms with Crippen molar-refractivity contribution in [3.05, 3.63) is 66.0 Å².